The highest BCUT2D eigenvalue weighted by molar-refractivity contribution is 5.72. The van der Waals surface area contributed by atoms with Gasteiger partial charge in [0.1, 0.15) is 5.82 Å². The highest BCUT2D eigenvalue weighted by atomic mass is 19.1. The van der Waals surface area contributed by atoms with Gasteiger partial charge in [-0.05, 0) is 37.1 Å². The van der Waals surface area contributed by atoms with Gasteiger partial charge in [0.05, 0.1) is 29.8 Å². The van der Waals surface area contributed by atoms with Crippen LogP contribution in [-0.2, 0) is 4.74 Å². The Labute approximate surface area is 159 Å². The summed E-state index contributed by atoms with van der Waals surface area (Å²) in [5, 5.41) is 15.8. The highest BCUT2D eigenvalue weighted by Crippen LogP contribution is 2.23. The highest BCUT2D eigenvalue weighted by Gasteiger charge is 2.17. The Bertz CT molecular complexity index is 1100. The van der Waals surface area contributed by atoms with E-state index in [9.17, 15) is 4.39 Å². The van der Waals surface area contributed by atoms with Crippen molar-refractivity contribution in [2.24, 2.45) is 0 Å². The minimum Gasteiger partial charge on any atom is -0.381 e. The van der Waals surface area contributed by atoms with Crippen LogP contribution in [0.1, 0.15) is 18.9 Å². The van der Waals surface area contributed by atoms with Crippen molar-refractivity contribution in [3.63, 3.8) is 0 Å². The number of rotatable bonds is 4. The Balaban J connectivity index is 1.41. The second-order valence-corrected chi connectivity index (χ2v) is 6.56. The summed E-state index contributed by atoms with van der Waals surface area (Å²) in [4.78, 5) is 8.81. The predicted molar refractivity (Wildman–Crippen MR) is 99.0 cm³/mol. The van der Waals surface area contributed by atoms with Crippen LogP contribution >= 0.6 is 0 Å². The van der Waals surface area contributed by atoms with E-state index in [0.29, 0.717) is 28.8 Å². The molecule has 1 N–H and O–H groups in total. The van der Waals surface area contributed by atoms with Crippen LogP contribution in [-0.4, -0.2) is 48.0 Å². The topological polar surface area (TPSA) is 95.6 Å². The second kappa shape index (κ2) is 6.97. The Morgan fingerprint density at radius 1 is 1.11 bits per heavy atom. The van der Waals surface area contributed by atoms with Gasteiger partial charge in [-0.2, -0.15) is 14.8 Å². The van der Waals surface area contributed by atoms with Crippen molar-refractivity contribution < 1.29 is 9.13 Å². The van der Waals surface area contributed by atoms with Crippen LogP contribution in [0.2, 0.25) is 0 Å². The average Bonchev–Trinajstić information content (AvgIpc) is 3.36. The van der Waals surface area contributed by atoms with E-state index in [-0.39, 0.29) is 5.82 Å². The van der Waals surface area contributed by atoms with E-state index < -0.39 is 0 Å². The largest absolute Gasteiger partial charge is 0.381 e. The zero-order valence-corrected chi connectivity index (χ0v) is 14.9. The molecule has 3 aromatic heterocycles. The number of fused-ring (bicyclic) bond motifs is 1. The lowest BCUT2D eigenvalue weighted by Gasteiger charge is -2.22. The molecule has 9 nitrogen and oxygen atoms in total. The molecule has 0 radical (unpaired) electrons. The first-order valence-corrected chi connectivity index (χ1v) is 8.99. The first-order chi connectivity index (χ1) is 13.8. The third-order valence-electron chi connectivity index (χ3n) is 4.69. The molecule has 142 valence electrons. The molecule has 0 amide bonds. The molecule has 0 atom stereocenters. The van der Waals surface area contributed by atoms with E-state index in [4.69, 9.17) is 4.74 Å². The van der Waals surface area contributed by atoms with Crippen LogP contribution in [0.3, 0.4) is 0 Å². The van der Waals surface area contributed by atoms with Crippen molar-refractivity contribution in [3.05, 3.63) is 48.7 Å². The number of anilines is 2. The van der Waals surface area contributed by atoms with Gasteiger partial charge in [0.15, 0.2) is 11.2 Å². The maximum atomic E-state index is 13.2. The monoisotopic (exact) mass is 380 g/mol. The van der Waals surface area contributed by atoms with Crippen LogP contribution in [0.4, 0.5) is 16.0 Å². The zero-order chi connectivity index (χ0) is 18.9. The molecule has 0 bridgehead atoms. The number of hydrogen-bond donors (Lipinski definition) is 1. The summed E-state index contributed by atoms with van der Waals surface area (Å²) in [6, 6.07) is 6.33. The lowest BCUT2D eigenvalue weighted by molar-refractivity contribution is 0.0662. The number of aromatic nitrogens is 7. The van der Waals surface area contributed by atoms with Crippen LogP contribution in [0, 0.1) is 5.82 Å². The summed E-state index contributed by atoms with van der Waals surface area (Å²) in [5.41, 5.74) is 2.54. The van der Waals surface area contributed by atoms with E-state index >= 15 is 0 Å². The molecular formula is C18H17FN8O. The third-order valence-corrected chi connectivity index (χ3v) is 4.69. The maximum absolute atomic E-state index is 13.2. The van der Waals surface area contributed by atoms with E-state index in [1.54, 1.807) is 29.2 Å². The van der Waals surface area contributed by atoms with Crippen molar-refractivity contribution >= 4 is 22.8 Å². The summed E-state index contributed by atoms with van der Waals surface area (Å²) in [6.07, 6.45) is 7.19. The normalized spacial score (nSPS) is 15.2. The van der Waals surface area contributed by atoms with Gasteiger partial charge in [-0.3, -0.25) is 4.68 Å². The van der Waals surface area contributed by atoms with Gasteiger partial charge in [0, 0.05) is 19.4 Å². The van der Waals surface area contributed by atoms with Gasteiger partial charge < -0.3 is 10.1 Å². The summed E-state index contributed by atoms with van der Waals surface area (Å²) < 4.78 is 22.1. The van der Waals surface area contributed by atoms with E-state index in [1.165, 1.54) is 12.1 Å². The predicted octanol–water partition coefficient (Wildman–Crippen LogP) is 2.64. The average molecular weight is 380 g/mol. The van der Waals surface area contributed by atoms with Crippen molar-refractivity contribution in [3.8, 4) is 5.69 Å². The van der Waals surface area contributed by atoms with Crippen LogP contribution in [0.5, 0.6) is 0 Å². The molecule has 1 aromatic carbocycles. The first kappa shape index (κ1) is 16.8. The molecule has 1 aliphatic heterocycles. The van der Waals surface area contributed by atoms with Crippen molar-refractivity contribution in [1.82, 2.24) is 34.7 Å². The lowest BCUT2D eigenvalue weighted by atomic mass is 10.1. The Morgan fingerprint density at radius 3 is 2.75 bits per heavy atom. The van der Waals surface area contributed by atoms with Gasteiger partial charge in [-0.15, -0.1) is 5.10 Å². The molecule has 0 saturated carbocycles. The molecule has 1 aliphatic rings. The fourth-order valence-electron chi connectivity index (χ4n) is 3.23. The van der Waals surface area contributed by atoms with Crippen LogP contribution < -0.4 is 5.32 Å². The van der Waals surface area contributed by atoms with E-state index in [2.05, 4.69) is 30.7 Å². The fourth-order valence-corrected chi connectivity index (χ4v) is 3.23. The smallest absolute Gasteiger partial charge is 0.229 e. The maximum Gasteiger partial charge on any atom is 0.229 e. The molecule has 10 heteroatoms. The molecule has 4 heterocycles. The summed E-state index contributed by atoms with van der Waals surface area (Å²) >= 11 is 0. The van der Waals surface area contributed by atoms with Crippen LogP contribution in [0.15, 0.2) is 42.9 Å². The molecule has 5 rings (SSSR count). The lowest BCUT2D eigenvalue weighted by Crippen LogP contribution is -2.19. The minimum atomic E-state index is -0.313. The summed E-state index contributed by atoms with van der Waals surface area (Å²) in [6.45, 7) is 1.51. The molecular weight excluding hydrogens is 363 g/mol. The summed E-state index contributed by atoms with van der Waals surface area (Å²) in [7, 11) is 0. The van der Waals surface area contributed by atoms with Gasteiger partial charge in [0.2, 0.25) is 5.95 Å². The molecule has 28 heavy (non-hydrogen) atoms. The van der Waals surface area contributed by atoms with Gasteiger partial charge >= 0.3 is 0 Å². The number of benzene rings is 1. The molecule has 1 fully saturated rings. The number of ether oxygens (including phenoxy) is 1. The molecule has 0 unspecified atom stereocenters. The Morgan fingerprint density at radius 2 is 1.93 bits per heavy atom. The van der Waals surface area contributed by atoms with E-state index in [0.717, 1.165) is 31.7 Å². The fraction of sp³-hybridized carbons (Fsp3) is 0.278. The summed E-state index contributed by atoms with van der Waals surface area (Å²) in [5.74, 6) is 0.0939. The number of nitrogens with one attached hydrogen (secondary N) is 1. The van der Waals surface area contributed by atoms with Crippen LogP contribution in [0.25, 0.3) is 16.9 Å². The van der Waals surface area contributed by atoms with Gasteiger partial charge in [-0.1, -0.05) is 5.21 Å². The van der Waals surface area contributed by atoms with Crippen molar-refractivity contribution in [2.45, 2.75) is 18.9 Å². The standard InChI is InChI=1S/C18H17FN8O/c19-12-1-3-15(4-2-12)27-17-16(24-25-27)10-20-18(23-17)22-13-9-21-26(11-13)14-5-7-28-8-6-14/h1-4,9-11,14H,5-8H2,(H,20,22,23). The van der Waals surface area contributed by atoms with Gasteiger partial charge in [-0.25, -0.2) is 9.37 Å². The molecule has 0 aliphatic carbocycles. The molecule has 4 aromatic rings. The zero-order valence-electron chi connectivity index (χ0n) is 14.9. The minimum absolute atomic E-state index is 0.313. The van der Waals surface area contributed by atoms with Crippen molar-refractivity contribution in [1.29, 1.82) is 0 Å². The molecule has 1 saturated heterocycles. The first-order valence-electron chi connectivity index (χ1n) is 8.99. The Hall–Kier alpha value is -3.40. The number of halogens is 1. The molecule has 0 spiro atoms. The Kier molecular flexibility index (Phi) is 4.17. The second-order valence-electron chi connectivity index (χ2n) is 6.56. The van der Waals surface area contributed by atoms with Gasteiger partial charge in [0.25, 0.3) is 0 Å². The van der Waals surface area contributed by atoms with Crippen molar-refractivity contribution in [2.75, 3.05) is 18.5 Å². The van der Waals surface area contributed by atoms with E-state index in [1.807, 2.05) is 10.9 Å². The number of hydrogen-bond acceptors (Lipinski definition) is 7. The third kappa shape index (κ3) is 3.18. The quantitative estimate of drug-likeness (QED) is 0.581. The number of nitrogens with zero attached hydrogens (tertiary/aromatic N) is 7. The SMILES string of the molecule is Fc1ccc(-n2nnc3cnc(Nc4cnn(C5CCOCC5)c4)nc32)cc1.